The lowest BCUT2D eigenvalue weighted by molar-refractivity contribution is -0.131. The fourth-order valence-corrected chi connectivity index (χ4v) is 3.91. The van der Waals surface area contributed by atoms with Crippen LogP contribution < -0.4 is 0 Å². The number of benzene rings is 2. The van der Waals surface area contributed by atoms with E-state index in [1.807, 2.05) is 29.2 Å². The number of likely N-dealkylation sites (tertiary alicyclic amines) is 1. The molecule has 6 heteroatoms. The molecule has 0 spiro atoms. The molecule has 1 aliphatic heterocycles. The van der Waals surface area contributed by atoms with E-state index < -0.39 is 0 Å². The van der Waals surface area contributed by atoms with Gasteiger partial charge < -0.3 is 9.32 Å². The number of amides is 1. The standard InChI is InChI=1S/C21H20Cl2N2O2/c1-13-6-8-25(9-7-13)19(26)10-14-2-4-15(5-3-14)21-24-18-12-16(22)11-17(23)20(18)27-21/h2-5,11-13H,6-10H2,1H3. The number of nitrogens with zero attached hydrogens (tertiary/aromatic N) is 2. The number of halogens is 2. The van der Waals surface area contributed by atoms with Crippen LogP contribution in [-0.2, 0) is 11.2 Å². The summed E-state index contributed by atoms with van der Waals surface area (Å²) in [6.07, 6.45) is 2.60. The van der Waals surface area contributed by atoms with Gasteiger partial charge in [-0.25, -0.2) is 4.98 Å². The summed E-state index contributed by atoms with van der Waals surface area (Å²) in [6, 6.07) is 11.1. The number of carbonyl (C=O) groups is 1. The normalized spacial score (nSPS) is 15.4. The molecule has 2 aromatic carbocycles. The Morgan fingerprint density at radius 3 is 2.59 bits per heavy atom. The second-order valence-electron chi connectivity index (χ2n) is 7.19. The minimum atomic E-state index is 0.193. The highest BCUT2D eigenvalue weighted by Crippen LogP contribution is 2.32. The molecule has 0 unspecified atom stereocenters. The largest absolute Gasteiger partial charge is 0.435 e. The van der Waals surface area contributed by atoms with Gasteiger partial charge in [-0.05, 0) is 48.6 Å². The maximum absolute atomic E-state index is 12.5. The summed E-state index contributed by atoms with van der Waals surface area (Å²) >= 11 is 12.2. The summed E-state index contributed by atoms with van der Waals surface area (Å²) in [4.78, 5) is 18.9. The van der Waals surface area contributed by atoms with Crippen molar-refractivity contribution in [1.82, 2.24) is 9.88 Å². The lowest BCUT2D eigenvalue weighted by Gasteiger charge is -2.30. The fraction of sp³-hybridized carbons (Fsp3) is 0.333. The van der Waals surface area contributed by atoms with Crippen LogP contribution in [0.4, 0.5) is 0 Å². The van der Waals surface area contributed by atoms with Crippen LogP contribution in [0.1, 0.15) is 25.3 Å². The van der Waals surface area contributed by atoms with Crippen molar-refractivity contribution in [1.29, 1.82) is 0 Å². The van der Waals surface area contributed by atoms with Crippen molar-refractivity contribution in [2.75, 3.05) is 13.1 Å². The van der Waals surface area contributed by atoms with Crippen molar-refractivity contribution in [3.05, 3.63) is 52.0 Å². The van der Waals surface area contributed by atoms with E-state index in [0.717, 1.165) is 37.1 Å². The van der Waals surface area contributed by atoms with E-state index >= 15 is 0 Å². The van der Waals surface area contributed by atoms with Crippen LogP contribution in [0.3, 0.4) is 0 Å². The molecule has 0 aliphatic carbocycles. The lowest BCUT2D eigenvalue weighted by Crippen LogP contribution is -2.38. The highest BCUT2D eigenvalue weighted by atomic mass is 35.5. The minimum absolute atomic E-state index is 0.193. The van der Waals surface area contributed by atoms with Gasteiger partial charge in [0, 0.05) is 23.7 Å². The summed E-state index contributed by atoms with van der Waals surface area (Å²) in [7, 11) is 0. The van der Waals surface area contributed by atoms with Crippen molar-refractivity contribution >= 4 is 40.2 Å². The van der Waals surface area contributed by atoms with Gasteiger partial charge in [-0.15, -0.1) is 0 Å². The zero-order chi connectivity index (χ0) is 19.0. The molecule has 1 aromatic heterocycles. The molecule has 0 radical (unpaired) electrons. The molecule has 0 N–H and O–H groups in total. The van der Waals surface area contributed by atoms with E-state index in [9.17, 15) is 4.79 Å². The molecule has 2 heterocycles. The first-order valence-electron chi connectivity index (χ1n) is 9.12. The Bertz CT molecular complexity index is 974. The van der Waals surface area contributed by atoms with Gasteiger partial charge in [-0.2, -0.15) is 0 Å². The van der Waals surface area contributed by atoms with Crippen LogP contribution in [0.5, 0.6) is 0 Å². The molecule has 27 heavy (non-hydrogen) atoms. The smallest absolute Gasteiger partial charge is 0.227 e. The van der Waals surface area contributed by atoms with Gasteiger partial charge in [0.05, 0.1) is 11.4 Å². The quantitative estimate of drug-likeness (QED) is 0.572. The molecule has 1 saturated heterocycles. The zero-order valence-corrected chi connectivity index (χ0v) is 16.6. The molecule has 1 aliphatic rings. The molecule has 0 saturated carbocycles. The highest BCUT2D eigenvalue weighted by Gasteiger charge is 2.20. The van der Waals surface area contributed by atoms with Crippen molar-refractivity contribution < 1.29 is 9.21 Å². The average Bonchev–Trinajstić information content (AvgIpc) is 3.07. The number of piperidine rings is 1. The number of hydrogen-bond donors (Lipinski definition) is 0. The number of hydrogen-bond acceptors (Lipinski definition) is 3. The van der Waals surface area contributed by atoms with Gasteiger partial charge >= 0.3 is 0 Å². The Kier molecular flexibility index (Phi) is 5.11. The number of aromatic nitrogens is 1. The molecular formula is C21H20Cl2N2O2. The summed E-state index contributed by atoms with van der Waals surface area (Å²) in [6.45, 7) is 3.97. The van der Waals surface area contributed by atoms with Gasteiger partial charge in [0.1, 0.15) is 5.52 Å². The van der Waals surface area contributed by atoms with Crippen molar-refractivity contribution in [2.24, 2.45) is 5.92 Å². The molecule has 3 aromatic rings. The van der Waals surface area contributed by atoms with Gasteiger partial charge in [0.15, 0.2) is 5.58 Å². The van der Waals surface area contributed by atoms with E-state index in [0.29, 0.717) is 39.4 Å². The van der Waals surface area contributed by atoms with Crippen LogP contribution >= 0.6 is 23.2 Å². The SMILES string of the molecule is CC1CCN(C(=O)Cc2ccc(-c3nc4cc(Cl)cc(Cl)c4o3)cc2)CC1. The highest BCUT2D eigenvalue weighted by molar-refractivity contribution is 6.38. The predicted molar refractivity (Wildman–Crippen MR) is 108 cm³/mol. The summed E-state index contributed by atoms with van der Waals surface area (Å²) in [5.74, 6) is 1.39. The number of rotatable bonds is 3. The molecule has 4 rings (SSSR count). The molecular weight excluding hydrogens is 383 g/mol. The molecule has 4 nitrogen and oxygen atoms in total. The molecule has 0 atom stereocenters. The Hall–Kier alpha value is -2.04. The lowest BCUT2D eigenvalue weighted by atomic mass is 9.98. The first-order chi connectivity index (χ1) is 13.0. The van der Waals surface area contributed by atoms with E-state index in [2.05, 4.69) is 11.9 Å². The minimum Gasteiger partial charge on any atom is -0.435 e. The predicted octanol–water partition coefficient (Wildman–Crippen LogP) is 5.60. The molecule has 0 bridgehead atoms. The van der Waals surface area contributed by atoms with E-state index in [-0.39, 0.29) is 5.91 Å². The van der Waals surface area contributed by atoms with Gasteiger partial charge in [-0.1, -0.05) is 42.3 Å². The van der Waals surface area contributed by atoms with Gasteiger partial charge in [-0.3, -0.25) is 4.79 Å². The molecule has 1 amide bonds. The van der Waals surface area contributed by atoms with Crippen LogP contribution in [-0.4, -0.2) is 28.9 Å². The monoisotopic (exact) mass is 402 g/mol. The third kappa shape index (κ3) is 3.97. The van der Waals surface area contributed by atoms with Gasteiger partial charge in [0.25, 0.3) is 0 Å². The zero-order valence-electron chi connectivity index (χ0n) is 15.0. The summed E-state index contributed by atoms with van der Waals surface area (Å²) < 4.78 is 5.79. The molecule has 1 fully saturated rings. The first-order valence-corrected chi connectivity index (χ1v) is 9.88. The Morgan fingerprint density at radius 1 is 1.19 bits per heavy atom. The van der Waals surface area contributed by atoms with Crippen LogP contribution in [0.25, 0.3) is 22.6 Å². The second kappa shape index (κ2) is 7.53. The average molecular weight is 403 g/mol. The van der Waals surface area contributed by atoms with E-state index in [1.165, 1.54) is 0 Å². The Labute approximate surface area is 168 Å². The number of oxazole rings is 1. The van der Waals surface area contributed by atoms with Crippen LogP contribution in [0.2, 0.25) is 10.0 Å². The second-order valence-corrected chi connectivity index (χ2v) is 8.04. The van der Waals surface area contributed by atoms with Crippen LogP contribution in [0.15, 0.2) is 40.8 Å². The summed E-state index contributed by atoms with van der Waals surface area (Å²) in [5.41, 5.74) is 2.97. The van der Waals surface area contributed by atoms with Crippen molar-refractivity contribution in [2.45, 2.75) is 26.2 Å². The first kappa shape index (κ1) is 18.3. The van der Waals surface area contributed by atoms with Crippen molar-refractivity contribution in [3.63, 3.8) is 0 Å². The van der Waals surface area contributed by atoms with E-state index in [1.54, 1.807) is 12.1 Å². The van der Waals surface area contributed by atoms with Crippen LogP contribution in [0, 0.1) is 5.92 Å². The van der Waals surface area contributed by atoms with E-state index in [4.69, 9.17) is 27.6 Å². The number of carbonyl (C=O) groups excluding carboxylic acids is 1. The fourth-order valence-electron chi connectivity index (χ4n) is 3.39. The maximum atomic E-state index is 12.5. The van der Waals surface area contributed by atoms with Gasteiger partial charge in [0.2, 0.25) is 11.8 Å². The topological polar surface area (TPSA) is 46.3 Å². The Morgan fingerprint density at radius 2 is 1.89 bits per heavy atom. The maximum Gasteiger partial charge on any atom is 0.227 e. The molecule has 140 valence electrons. The van der Waals surface area contributed by atoms with Crippen molar-refractivity contribution in [3.8, 4) is 11.5 Å². The third-order valence-electron chi connectivity index (χ3n) is 5.10. The summed E-state index contributed by atoms with van der Waals surface area (Å²) in [5, 5.41) is 0.961. The Balaban J connectivity index is 1.49. The number of fused-ring (bicyclic) bond motifs is 1. The third-order valence-corrected chi connectivity index (χ3v) is 5.60.